The van der Waals surface area contributed by atoms with Crippen molar-refractivity contribution in [2.75, 3.05) is 31.3 Å². The largest absolute Gasteiger partial charge is 0.378 e. The standard InChI is InChI=1S/C24H22N4O4/c29-22(26-10-12-32-13-11-26)16-27-15-17(19-8-4-5-9-21(19)27)14-20-23(30)25-28(24(20)31)18-6-2-1-3-7-18/h1-9,14-15H,10-13,16H2,(H,25,30)/b20-14-. The molecule has 8 heteroatoms. The number of hydrogen-bond donors (Lipinski definition) is 1. The first kappa shape index (κ1) is 20.0. The van der Waals surface area contributed by atoms with Gasteiger partial charge in [0.1, 0.15) is 12.1 Å². The maximum atomic E-state index is 12.9. The maximum Gasteiger partial charge on any atom is 0.282 e. The molecule has 162 valence electrons. The molecule has 2 aliphatic heterocycles. The zero-order valence-corrected chi connectivity index (χ0v) is 17.4. The van der Waals surface area contributed by atoms with Crippen LogP contribution in [0.25, 0.3) is 17.0 Å². The summed E-state index contributed by atoms with van der Waals surface area (Å²) in [4.78, 5) is 40.1. The third-order valence-corrected chi connectivity index (χ3v) is 5.69. The molecule has 2 saturated heterocycles. The van der Waals surface area contributed by atoms with Crippen molar-refractivity contribution < 1.29 is 19.1 Å². The van der Waals surface area contributed by atoms with E-state index in [1.165, 1.54) is 5.01 Å². The minimum atomic E-state index is -0.458. The van der Waals surface area contributed by atoms with Crippen molar-refractivity contribution in [1.82, 2.24) is 14.9 Å². The van der Waals surface area contributed by atoms with Gasteiger partial charge in [0.15, 0.2) is 0 Å². The Bertz CT molecular complexity index is 1230. The summed E-state index contributed by atoms with van der Waals surface area (Å²) in [7, 11) is 0. The lowest BCUT2D eigenvalue weighted by Gasteiger charge is -2.27. The predicted octanol–water partition coefficient (Wildman–Crippen LogP) is 1.96. The second kappa shape index (κ2) is 8.32. The summed E-state index contributed by atoms with van der Waals surface area (Å²) in [5.41, 5.74) is 4.84. The molecule has 0 spiro atoms. The van der Waals surface area contributed by atoms with Gasteiger partial charge in [0, 0.05) is 35.8 Å². The molecule has 3 amide bonds. The fraction of sp³-hybridized carbons (Fsp3) is 0.208. The summed E-state index contributed by atoms with van der Waals surface area (Å²) >= 11 is 0. The Hall–Kier alpha value is -3.91. The Labute approximate surface area is 184 Å². The Balaban J connectivity index is 1.47. The molecular formula is C24H22N4O4. The van der Waals surface area contributed by atoms with Crippen LogP contribution in [0, 0.1) is 0 Å². The van der Waals surface area contributed by atoms with Crippen molar-refractivity contribution in [3.63, 3.8) is 0 Å². The summed E-state index contributed by atoms with van der Waals surface area (Å²) in [6, 6.07) is 16.6. The average molecular weight is 430 g/mol. The van der Waals surface area contributed by atoms with Crippen LogP contribution in [0.4, 0.5) is 5.69 Å². The molecule has 1 N–H and O–H groups in total. The van der Waals surface area contributed by atoms with Crippen LogP contribution in [0.15, 0.2) is 66.4 Å². The number of fused-ring (bicyclic) bond motifs is 1. The Kier molecular flexibility index (Phi) is 5.20. The van der Waals surface area contributed by atoms with Gasteiger partial charge in [-0.25, -0.2) is 5.01 Å². The quantitative estimate of drug-likeness (QED) is 0.507. The third-order valence-electron chi connectivity index (χ3n) is 5.69. The van der Waals surface area contributed by atoms with Crippen LogP contribution in [-0.2, 0) is 25.7 Å². The molecule has 0 radical (unpaired) electrons. The fourth-order valence-electron chi connectivity index (χ4n) is 4.05. The van der Waals surface area contributed by atoms with Crippen LogP contribution in [0.1, 0.15) is 5.56 Å². The number of carbonyl (C=O) groups is 3. The number of aromatic nitrogens is 1. The highest BCUT2D eigenvalue weighted by Crippen LogP contribution is 2.26. The number of nitrogens with one attached hydrogen (secondary N) is 1. The summed E-state index contributed by atoms with van der Waals surface area (Å²) in [5.74, 6) is -0.860. The zero-order valence-electron chi connectivity index (χ0n) is 17.4. The van der Waals surface area contributed by atoms with E-state index in [4.69, 9.17) is 4.74 Å². The molecular weight excluding hydrogens is 408 g/mol. The fourth-order valence-corrected chi connectivity index (χ4v) is 4.05. The Morgan fingerprint density at radius 1 is 1.00 bits per heavy atom. The number of anilines is 1. The van der Waals surface area contributed by atoms with Crippen LogP contribution in [0.5, 0.6) is 0 Å². The molecule has 2 aromatic carbocycles. The number of carbonyl (C=O) groups excluding carboxylic acids is 3. The van der Waals surface area contributed by atoms with Gasteiger partial charge >= 0.3 is 0 Å². The van der Waals surface area contributed by atoms with Crippen molar-refractivity contribution in [2.45, 2.75) is 6.54 Å². The van der Waals surface area contributed by atoms with E-state index in [0.717, 1.165) is 10.9 Å². The smallest absolute Gasteiger partial charge is 0.282 e. The van der Waals surface area contributed by atoms with Gasteiger partial charge in [0.2, 0.25) is 5.91 Å². The monoisotopic (exact) mass is 430 g/mol. The molecule has 0 saturated carbocycles. The number of ether oxygens (including phenoxy) is 1. The first-order chi connectivity index (χ1) is 15.6. The third kappa shape index (κ3) is 3.65. The minimum absolute atomic E-state index is 0.0122. The van der Waals surface area contributed by atoms with Gasteiger partial charge < -0.3 is 14.2 Å². The topological polar surface area (TPSA) is 83.9 Å². The molecule has 32 heavy (non-hydrogen) atoms. The molecule has 2 fully saturated rings. The molecule has 0 unspecified atom stereocenters. The Morgan fingerprint density at radius 2 is 1.72 bits per heavy atom. The van der Waals surface area contributed by atoms with Crippen molar-refractivity contribution in [2.24, 2.45) is 0 Å². The van der Waals surface area contributed by atoms with Crippen molar-refractivity contribution >= 4 is 40.4 Å². The number of morpholine rings is 1. The van der Waals surface area contributed by atoms with Crippen molar-refractivity contribution in [1.29, 1.82) is 0 Å². The molecule has 3 aromatic rings. The van der Waals surface area contributed by atoms with Crippen LogP contribution in [-0.4, -0.2) is 53.5 Å². The van der Waals surface area contributed by atoms with E-state index in [9.17, 15) is 14.4 Å². The number of rotatable bonds is 4. The van der Waals surface area contributed by atoms with Gasteiger partial charge in [-0.15, -0.1) is 0 Å². The number of benzene rings is 2. The Morgan fingerprint density at radius 3 is 2.50 bits per heavy atom. The van der Waals surface area contributed by atoms with Crippen LogP contribution in [0.2, 0.25) is 0 Å². The van der Waals surface area contributed by atoms with Crippen LogP contribution in [0.3, 0.4) is 0 Å². The lowest BCUT2D eigenvalue weighted by atomic mass is 10.1. The average Bonchev–Trinajstić information content (AvgIpc) is 3.32. The predicted molar refractivity (Wildman–Crippen MR) is 119 cm³/mol. The number of nitrogens with zero attached hydrogens (tertiary/aromatic N) is 3. The van der Waals surface area contributed by atoms with Gasteiger partial charge in [-0.2, -0.15) is 0 Å². The molecule has 0 aliphatic carbocycles. The van der Waals surface area contributed by atoms with Gasteiger partial charge in [-0.1, -0.05) is 36.4 Å². The molecule has 8 nitrogen and oxygen atoms in total. The highest BCUT2D eigenvalue weighted by molar-refractivity contribution is 6.32. The van der Waals surface area contributed by atoms with Crippen LogP contribution < -0.4 is 10.4 Å². The zero-order chi connectivity index (χ0) is 22.1. The summed E-state index contributed by atoms with van der Waals surface area (Å²) in [6.07, 6.45) is 3.42. The maximum absolute atomic E-state index is 12.9. The number of para-hydroxylation sites is 2. The molecule has 1 aromatic heterocycles. The molecule has 0 bridgehead atoms. The van der Waals surface area contributed by atoms with Gasteiger partial charge in [0.25, 0.3) is 11.8 Å². The van der Waals surface area contributed by atoms with Gasteiger partial charge in [-0.3, -0.25) is 19.8 Å². The normalized spacial score (nSPS) is 17.9. The van der Waals surface area contributed by atoms with Gasteiger partial charge in [-0.05, 0) is 24.3 Å². The van der Waals surface area contributed by atoms with Crippen LogP contribution >= 0.6 is 0 Å². The minimum Gasteiger partial charge on any atom is -0.378 e. The molecule has 2 aliphatic rings. The summed E-state index contributed by atoms with van der Waals surface area (Å²) < 4.78 is 7.19. The van der Waals surface area contributed by atoms with E-state index >= 15 is 0 Å². The van der Waals surface area contributed by atoms with E-state index in [1.807, 2.05) is 41.1 Å². The lowest BCUT2D eigenvalue weighted by molar-refractivity contribution is -0.135. The number of amides is 3. The molecule has 3 heterocycles. The summed E-state index contributed by atoms with van der Waals surface area (Å²) in [6.45, 7) is 2.44. The second-order valence-corrected chi connectivity index (χ2v) is 7.70. The molecule has 5 rings (SSSR count). The van der Waals surface area contributed by atoms with E-state index in [2.05, 4.69) is 5.43 Å². The number of hydrogen-bond acceptors (Lipinski definition) is 4. The SMILES string of the molecule is O=C1NN(c2ccccc2)C(=O)/C1=C\c1cn(CC(=O)N2CCOCC2)c2ccccc12. The van der Waals surface area contributed by atoms with E-state index in [1.54, 1.807) is 35.2 Å². The molecule has 0 atom stereocenters. The van der Waals surface area contributed by atoms with E-state index in [-0.39, 0.29) is 18.0 Å². The van der Waals surface area contributed by atoms with Gasteiger partial charge in [0.05, 0.1) is 18.9 Å². The second-order valence-electron chi connectivity index (χ2n) is 7.70. The van der Waals surface area contributed by atoms with Crippen molar-refractivity contribution in [3.8, 4) is 0 Å². The van der Waals surface area contributed by atoms with Crippen molar-refractivity contribution in [3.05, 3.63) is 71.9 Å². The first-order valence-electron chi connectivity index (χ1n) is 10.5. The number of hydrazine groups is 1. The first-order valence-corrected chi connectivity index (χ1v) is 10.5. The highest BCUT2D eigenvalue weighted by atomic mass is 16.5. The van der Waals surface area contributed by atoms with E-state index in [0.29, 0.717) is 37.6 Å². The highest BCUT2D eigenvalue weighted by Gasteiger charge is 2.34. The van der Waals surface area contributed by atoms with E-state index < -0.39 is 11.8 Å². The lowest BCUT2D eigenvalue weighted by Crippen LogP contribution is -2.42. The summed E-state index contributed by atoms with van der Waals surface area (Å²) in [5, 5.41) is 2.11.